The van der Waals surface area contributed by atoms with Gasteiger partial charge >= 0.3 is 6.18 Å². The second kappa shape index (κ2) is 10.9. The molecular formula is C24H21F3N4O4. The lowest BCUT2D eigenvalue weighted by Crippen LogP contribution is -2.13. The van der Waals surface area contributed by atoms with Gasteiger partial charge in [0.2, 0.25) is 5.76 Å². The molecule has 0 saturated heterocycles. The molecule has 1 amide bonds. The first-order valence-corrected chi connectivity index (χ1v) is 10.5. The second-order valence-corrected chi connectivity index (χ2v) is 7.69. The molecule has 0 unspecified atom stereocenters. The van der Waals surface area contributed by atoms with Gasteiger partial charge in [0.15, 0.2) is 5.78 Å². The number of rotatable bonds is 7. The quantitative estimate of drug-likeness (QED) is 0.380. The number of carbonyl (C=O) groups excluding carboxylic acids is 2. The highest BCUT2D eigenvalue weighted by Gasteiger charge is 2.32. The Labute approximate surface area is 198 Å². The van der Waals surface area contributed by atoms with Crippen LogP contribution in [0.5, 0.6) is 0 Å². The van der Waals surface area contributed by atoms with Gasteiger partial charge in [-0.1, -0.05) is 24.1 Å². The summed E-state index contributed by atoms with van der Waals surface area (Å²) in [4.78, 5) is 33.0. The summed E-state index contributed by atoms with van der Waals surface area (Å²) in [6.07, 6.45) is -3.06. The van der Waals surface area contributed by atoms with E-state index < -0.39 is 23.6 Å². The molecule has 0 bridgehead atoms. The van der Waals surface area contributed by atoms with Gasteiger partial charge in [-0.3, -0.25) is 9.59 Å². The van der Waals surface area contributed by atoms with E-state index >= 15 is 0 Å². The molecule has 2 heterocycles. The molecule has 0 saturated carbocycles. The molecule has 8 nitrogen and oxygen atoms in total. The number of amides is 1. The van der Waals surface area contributed by atoms with Crippen LogP contribution in [0.3, 0.4) is 0 Å². The molecule has 1 atom stereocenters. The van der Waals surface area contributed by atoms with Crippen LogP contribution in [-0.4, -0.2) is 38.5 Å². The second-order valence-electron chi connectivity index (χ2n) is 7.69. The Morgan fingerprint density at radius 3 is 2.69 bits per heavy atom. The Kier molecular flexibility index (Phi) is 7.98. The van der Waals surface area contributed by atoms with Gasteiger partial charge in [0, 0.05) is 36.6 Å². The standard InChI is InChI=1S/C24H21F3N4O4/c1-14-6-7-17(10-18(14)24(25,26)27)30-23(34)22-12-19(31-35-22)15(2)9-21(33)20-11-16(28-13-29-20)5-3-4-8-32/h6-7,10-13,15,32H,4,8-9H2,1-2H3,(H,30,34)/t15-/m1/s1. The third-order valence-corrected chi connectivity index (χ3v) is 4.96. The number of aryl methyl sites for hydroxylation is 1. The van der Waals surface area contributed by atoms with Gasteiger partial charge in [-0.25, -0.2) is 9.97 Å². The average molecular weight is 486 g/mol. The number of hydrogen-bond donors (Lipinski definition) is 2. The van der Waals surface area contributed by atoms with Crippen molar-refractivity contribution in [1.82, 2.24) is 15.1 Å². The van der Waals surface area contributed by atoms with Gasteiger partial charge in [-0.05, 0) is 30.5 Å². The van der Waals surface area contributed by atoms with Crippen LogP contribution >= 0.6 is 0 Å². The Morgan fingerprint density at radius 2 is 1.97 bits per heavy atom. The van der Waals surface area contributed by atoms with Gasteiger partial charge in [-0.2, -0.15) is 13.2 Å². The minimum atomic E-state index is -4.55. The van der Waals surface area contributed by atoms with Gasteiger partial charge in [0.25, 0.3) is 5.91 Å². The van der Waals surface area contributed by atoms with Crippen LogP contribution in [0, 0.1) is 18.8 Å². The van der Waals surface area contributed by atoms with Crippen molar-refractivity contribution in [2.75, 3.05) is 11.9 Å². The fourth-order valence-corrected chi connectivity index (χ4v) is 3.10. The molecule has 1 aromatic carbocycles. The third-order valence-electron chi connectivity index (χ3n) is 4.96. The van der Waals surface area contributed by atoms with Crippen molar-refractivity contribution in [3.63, 3.8) is 0 Å². The van der Waals surface area contributed by atoms with Crippen molar-refractivity contribution in [3.05, 3.63) is 70.6 Å². The van der Waals surface area contributed by atoms with Crippen LogP contribution in [0.15, 0.2) is 41.2 Å². The lowest BCUT2D eigenvalue weighted by atomic mass is 9.99. The minimum absolute atomic E-state index is 0.00101. The van der Waals surface area contributed by atoms with E-state index in [1.165, 1.54) is 37.5 Å². The number of aromatic nitrogens is 3. The van der Waals surface area contributed by atoms with Gasteiger partial charge in [-0.15, -0.1) is 0 Å². The molecule has 2 aromatic heterocycles. The van der Waals surface area contributed by atoms with E-state index in [4.69, 9.17) is 9.63 Å². The first kappa shape index (κ1) is 25.6. The van der Waals surface area contributed by atoms with E-state index in [1.54, 1.807) is 6.92 Å². The topological polar surface area (TPSA) is 118 Å². The van der Waals surface area contributed by atoms with Crippen molar-refractivity contribution in [2.45, 2.75) is 38.8 Å². The normalized spacial score (nSPS) is 11.9. The first-order chi connectivity index (χ1) is 16.6. The van der Waals surface area contributed by atoms with Crippen molar-refractivity contribution in [1.29, 1.82) is 0 Å². The molecule has 0 aliphatic rings. The zero-order valence-corrected chi connectivity index (χ0v) is 18.8. The number of hydrogen-bond acceptors (Lipinski definition) is 7. The van der Waals surface area contributed by atoms with Crippen LogP contribution in [0.2, 0.25) is 0 Å². The molecular weight excluding hydrogens is 465 g/mol. The van der Waals surface area contributed by atoms with Crippen LogP contribution in [0.4, 0.5) is 18.9 Å². The number of ketones is 1. The molecule has 0 fully saturated rings. The number of alkyl halides is 3. The Hall–Kier alpha value is -4.04. The zero-order chi connectivity index (χ0) is 25.6. The maximum atomic E-state index is 13.1. The summed E-state index contributed by atoms with van der Waals surface area (Å²) < 4.78 is 44.4. The lowest BCUT2D eigenvalue weighted by molar-refractivity contribution is -0.138. The van der Waals surface area contributed by atoms with Crippen LogP contribution < -0.4 is 5.32 Å². The smallest absolute Gasteiger partial charge is 0.395 e. The van der Waals surface area contributed by atoms with Gasteiger partial charge in [0.05, 0.1) is 17.9 Å². The molecule has 3 rings (SSSR count). The van der Waals surface area contributed by atoms with Gasteiger partial charge < -0.3 is 14.9 Å². The van der Waals surface area contributed by atoms with E-state index in [9.17, 15) is 22.8 Å². The monoisotopic (exact) mass is 486 g/mol. The fourth-order valence-electron chi connectivity index (χ4n) is 3.10. The zero-order valence-electron chi connectivity index (χ0n) is 18.8. The molecule has 11 heteroatoms. The molecule has 2 N–H and O–H groups in total. The summed E-state index contributed by atoms with van der Waals surface area (Å²) in [5, 5.41) is 15.0. The maximum absolute atomic E-state index is 13.1. The molecule has 0 aliphatic carbocycles. The molecule has 0 aliphatic heterocycles. The number of aliphatic hydroxyl groups is 1. The summed E-state index contributed by atoms with van der Waals surface area (Å²) >= 11 is 0. The molecule has 3 aromatic rings. The summed E-state index contributed by atoms with van der Waals surface area (Å²) in [5.41, 5.74) is -0.0517. The fraction of sp³-hybridized carbons (Fsp3) is 0.292. The van der Waals surface area contributed by atoms with E-state index in [2.05, 4.69) is 32.3 Å². The predicted octanol–water partition coefficient (Wildman–Crippen LogP) is 4.15. The SMILES string of the molecule is Cc1ccc(NC(=O)c2cc([C@H](C)CC(=O)c3cc(C#CCCO)ncn3)no2)cc1C(F)(F)F. The molecule has 35 heavy (non-hydrogen) atoms. The highest BCUT2D eigenvalue weighted by Crippen LogP contribution is 2.33. The number of benzene rings is 1. The van der Waals surface area contributed by atoms with Crippen molar-refractivity contribution >= 4 is 17.4 Å². The number of anilines is 1. The third kappa shape index (κ3) is 6.74. The van der Waals surface area contributed by atoms with E-state index in [1.807, 2.05) is 0 Å². The maximum Gasteiger partial charge on any atom is 0.416 e. The largest absolute Gasteiger partial charge is 0.416 e. The van der Waals surface area contributed by atoms with E-state index in [0.717, 1.165) is 6.07 Å². The van der Waals surface area contributed by atoms with Gasteiger partial charge in [0.1, 0.15) is 17.7 Å². The number of nitrogens with one attached hydrogen (secondary N) is 1. The Morgan fingerprint density at radius 1 is 1.20 bits per heavy atom. The number of carbonyl (C=O) groups is 2. The number of Topliss-reactive ketones (excluding diaryl/α,β-unsaturated/α-hetero) is 1. The summed E-state index contributed by atoms with van der Waals surface area (Å²) in [6.45, 7) is 2.95. The number of aliphatic hydroxyl groups excluding tert-OH is 1. The minimum Gasteiger partial charge on any atom is -0.395 e. The molecule has 0 spiro atoms. The average Bonchev–Trinajstić information content (AvgIpc) is 3.31. The number of halogens is 3. The van der Waals surface area contributed by atoms with E-state index in [-0.39, 0.29) is 47.9 Å². The number of nitrogens with zero attached hydrogens (tertiary/aromatic N) is 3. The van der Waals surface area contributed by atoms with Crippen LogP contribution in [-0.2, 0) is 6.18 Å². The predicted molar refractivity (Wildman–Crippen MR) is 119 cm³/mol. The Balaban J connectivity index is 1.66. The molecule has 182 valence electrons. The van der Waals surface area contributed by atoms with Crippen molar-refractivity contribution < 1.29 is 32.4 Å². The highest BCUT2D eigenvalue weighted by molar-refractivity contribution is 6.02. The molecule has 0 radical (unpaired) electrons. The summed E-state index contributed by atoms with van der Waals surface area (Å²) in [7, 11) is 0. The van der Waals surface area contributed by atoms with Crippen LogP contribution in [0.1, 0.15) is 69.2 Å². The summed E-state index contributed by atoms with van der Waals surface area (Å²) in [5.74, 6) is 3.70. The Bertz CT molecular complexity index is 1290. The van der Waals surface area contributed by atoms with Crippen molar-refractivity contribution in [3.8, 4) is 11.8 Å². The first-order valence-electron chi connectivity index (χ1n) is 10.5. The summed E-state index contributed by atoms with van der Waals surface area (Å²) in [6, 6.07) is 6.23. The van der Waals surface area contributed by atoms with Crippen LogP contribution in [0.25, 0.3) is 0 Å². The van der Waals surface area contributed by atoms with Crippen molar-refractivity contribution in [2.24, 2.45) is 0 Å². The lowest BCUT2D eigenvalue weighted by Gasteiger charge is -2.12. The highest BCUT2D eigenvalue weighted by atomic mass is 19.4. The van der Waals surface area contributed by atoms with E-state index in [0.29, 0.717) is 11.4 Å².